The quantitative estimate of drug-likeness (QED) is 0.698. The Bertz CT molecular complexity index is 819. The number of rotatable bonds is 4. The topological polar surface area (TPSA) is 60.3 Å². The number of hydrogen-bond donors (Lipinski definition) is 1. The van der Waals surface area contributed by atoms with Gasteiger partial charge < -0.3 is 15.5 Å². The van der Waals surface area contributed by atoms with Gasteiger partial charge in [0.15, 0.2) is 0 Å². The van der Waals surface area contributed by atoms with Crippen molar-refractivity contribution in [2.75, 3.05) is 0 Å². The van der Waals surface area contributed by atoms with Crippen molar-refractivity contribution in [1.29, 1.82) is 5.41 Å². The molecule has 1 aromatic heterocycles. The smallest absolute Gasteiger partial charge is 0.131 e. The van der Waals surface area contributed by atoms with Crippen molar-refractivity contribution < 1.29 is 14.3 Å². The van der Waals surface area contributed by atoms with Crippen LogP contribution in [0.15, 0.2) is 60.8 Å². The fraction of sp³-hybridized carbons (Fsp3) is 0.0556. The van der Waals surface area contributed by atoms with E-state index in [9.17, 15) is 8.78 Å². The normalized spacial score (nSPS) is 9.75. The van der Waals surface area contributed by atoms with Crippen LogP contribution in [0.5, 0.6) is 0 Å². The Kier molecular flexibility index (Phi) is 6.88. The molecule has 0 unspecified atom stereocenters. The summed E-state index contributed by atoms with van der Waals surface area (Å²) < 4.78 is 29.1. The molecule has 0 radical (unpaired) electrons. The fourth-order valence-electron chi connectivity index (χ4n) is 2.43. The first-order chi connectivity index (χ1) is 10.7. The SMILES string of the molecule is N=Cc1cc(-c2cc(F)ccc2F)cn1Cc1ccccc1.O.S. The van der Waals surface area contributed by atoms with E-state index in [2.05, 4.69) is 0 Å². The number of hydrogen-bond acceptors (Lipinski definition) is 1. The number of halogens is 2. The highest BCUT2D eigenvalue weighted by molar-refractivity contribution is 7.59. The zero-order valence-electron chi connectivity index (χ0n) is 12.8. The molecule has 126 valence electrons. The van der Waals surface area contributed by atoms with Gasteiger partial charge in [-0.1, -0.05) is 30.3 Å². The summed E-state index contributed by atoms with van der Waals surface area (Å²) >= 11 is 0. The van der Waals surface area contributed by atoms with Crippen molar-refractivity contribution >= 4 is 19.7 Å². The van der Waals surface area contributed by atoms with Gasteiger partial charge in [-0.3, -0.25) is 0 Å². The van der Waals surface area contributed by atoms with Crippen molar-refractivity contribution in [3.8, 4) is 11.1 Å². The van der Waals surface area contributed by atoms with Crippen LogP contribution in [0.2, 0.25) is 0 Å². The molecule has 0 saturated carbocycles. The molecule has 24 heavy (non-hydrogen) atoms. The lowest BCUT2D eigenvalue weighted by Crippen LogP contribution is -2.01. The third-order valence-electron chi connectivity index (χ3n) is 3.51. The second-order valence-corrected chi connectivity index (χ2v) is 5.04. The minimum Gasteiger partial charge on any atom is -0.412 e. The lowest BCUT2D eigenvalue weighted by molar-refractivity contribution is 0.603. The van der Waals surface area contributed by atoms with Gasteiger partial charge in [0.05, 0.1) is 5.69 Å². The van der Waals surface area contributed by atoms with E-state index in [4.69, 9.17) is 5.41 Å². The maximum atomic E-state index is 13.9. The summed E-state index contributed by atoms with van der Waals surface area (Å²) in [5.41, 5.74) is 2.48. The molecule has 0 fully saturated rings. The van der Waals surface area contributed by atoms with E-state index in [1.165, 1.54) is 12.3 Å². The maximum absolute atomic E-state index is 13.9. The predicted octanol–water partition coefficient (Wildman–Crippen LogP) is 3.77. The van der Waals surface area contributed by atoms with E-state index in [1.807, 2.05) is 34.9 Å². The van der Waals surface area contributed by atoms with Crippen LogP contribution >= 0.6 is 13.5 Å². The van der Waals surface area contributed by atoms with Crippen LogP contribution in [0.3, 0.4) is 0 Å². The van der Waals surface area contributed by atoms with Gasteiger partial charge in [0.25, 0.3) is 0 Å². The molecule has 3 nitrogen and oxygen atoms in total. The van der Waals surface area contributed by atoms with Crippen LogP contribution in [-0.4, -0.2) is 16.3 Å². The van der Waals surface area contributed by atoms with Crippen molar-refractivity contribution in [2.24, 2.45) is 0 Å². The minimum absolute atomic E-state index is 0. The second-order valence-electron chi connectivity index (χ2n) is 5.04. The van der Waals surface area contributed by atoms with E-state index in [-0.39, 0.29) is 24.5 Å². The zero-order valence-corrected chi connectivity index (χ0v) is 13.8. The van der Waals surface area contributed by atoms with Crippen LogP contribution in [0.1, 0.15) is 11.3 Å². The highest BCUT2D eigenvalue weighted by atomic mass is 32.1. The first-order valence-corrected chi connectivity index (χ1v) is 6.87. The maximum Gasteiger partial charge on any atom is 0.131 e. The molecule has 0 amide bonds. The highest BCUT2D eigenvalue weighted by Crippen LogP contribution is 2.26. The number of benzene rings is 2. The van der Waals surface area contributed by atoms with Crippen molar-refractivity contribution in [2.45, 2.75) is 6.54 Å². The summed E-state index contributed by atoms with van der Waals surface area (Å²) in [7, 11) is 0. The van der Waals surface area contributed by atoms with E-state index < -0.39 is 11.6 Å². The third kappa shape index (κ3) is 4.10. The van der Waals surface area contributed by atoms with Gasteiger partial charge >= 0.3 is 0 Å². The van der Waals surface area contributed by atoms with Gasteiger partial charge in [0, 0.05) is 30.1 Å². The van der Waals surface area contributed by atoms with Gasteiger partial charge in [-0.05, 0) is 29.8 Å². The standard InChI is InChI=1S/C18H14F2N2.H2O.H2S/c19-15-6-7-18(20)17(9-15)14-8-16(10-21)22(12-14)11-13-4-2-1-3-5-13;;/h1-10,12,21H,11H2;2*1H2. The molecule has 0 aliphatic carbocycles. The monoisotopic (exact) mass is 348 g/mol. The molecule has 3 rings (SSSR count). The summed E-state index contributed by atoms with van der Waals surface area (Å²) in [4.78, 5) is 0. The molecule has 1 heterocycles. The van der Waals surface area contributed by atoms with Gasteiger partial charge in [0.2, 0.25) is 0 Å². The molecule has 0 saturated heterocycles. The van der Waals surface area contributed by atoms with Gasteiger partial charge in [0.1, 0.15) is 11.6 Å². The summed E-state index contributed by atoms with van der Waals surface area (Å²) in [5, 5.41) is 7.51. The first kappa shape index (κ1) is 19.6. The molecule has 6 heteroatoms. The number of aromatic nitrogens is 1. The molecule has 0 aliphatic heterocycles. The number of nitrogens with zero attached hydrogens (tertiary/aromatic N) is 1. The highest BCUT2D eigenvalue weighted by Gasteiger charge is 2.11. The van der Waals surface area contributed by atoms with Crippen molar-refractivity contribution in [3.05, 3.63) is 83.7 Å². The van der Waals surface area contributed by atoms with Crippen LogP contribution in [-0.2, 0) is 6.54 Å². The third-order valence-corrected chi connectivity index (χ3v) is 3.51. The Balaban J connectivity index is 0.00000144. The summed E-state index contributed by atoms with van der Waals surface area (Å²) in [6, 6.07) is 14.8. The van der Waals surface area contributed by atoms with E-state index in [1.54, 1.807) is 12.3 Å². The van der Waals surface area contributed by atoms with Crippen molar-refractivity contribution in [1.82, 2.24) is 4.57 Å². The van der Waals surface area contributed by atoms with Crippen LogP contribution in [0, 0.1) is 17.0 Å². The average Bonchev–Trinajstić information content (AvgIpc) is 2.93. The Hall–Kier alpha value is -2.44. The van der Waals surface area contributed by atoms with E-state index in [0.717, 1.165) is 17.7 Å². The Labute approximate surface area is 145 Å². The second kappa shape index (κ2) is 8.42. The van der Waals surface area contributed by atoms with Gasteiger partial charge in [-0.15, -0.1) is 0 Å². The predicted molar refractivity (Wildman–Crippen MR) is 97.2 cm³/mol. The zero-order chi connectivity index (χ0) is 15.5. The fourth-order valence-corrected chi connectivity index (χ4v) is 2.43. The molecule has 3 aromatic rings. The molecule has 0 bridgehead atoms. The summed E-state index contributed by atoms with van der Waals surface area (Å²) in [6.45, 7) is 0.572. The molecule has 0 aliphatic rings. The van der Waals surface area contributed by atoms with E-state index >= 15 is 0 Å². The van der Waals surface area contributed by atoms with Gasteiger partial charge in [-0.2, -0.15) is 13.5 Å². The average molecular weight is 348 g/mol. The first-order valence-electron chi connectivity index (χ1n) is 6.87. The molecule has 3 N–H and O–H groups in total. The van der Waals surface area contributed by atoms with Crippen molar-refractivity contribution in [3.63, 3.8) is 0 Å². The Morgan fingerprint density at radius 3 is 2.38 bits per heavy atom. The Morgan fingerprint density at radius 1 is 1.00 bits per heavy atom. The molecule has 2 aromatic carbocycles. The largest absolute Gasteiger partial charge is 0.412 e. The summed E-state index contributed by atoms with van der Waals surface area (Å²) in [6.07, 6.45) is 2.95. The molecule has 0 atom stereocenters. The molecular weight excluding hydrogens is 330 g/mol. The Morgan fingerprint density at radius 2 is 1.71 bits per heavy atom. The van der Waals surface area contributed by atoms with E-state index in [0.29, 0.717) is 17.8 Å². The van der Waals surface area contributed by atoms with Crippen LogP contribution in [0.25, 0.3) is 11.1 Å². The lowest BCUT2D eigenvalue weighted by Gasteiger charge is -2.05. The lowest BCUT2D eigenvalue weighted by atomic mass is 10.1. The minimum atomic E-state index is -0.483. The van der Waals surface area contributed by atoms with Gasteiger partial charge in [-0.25, -0.2) is 8.78 Å². The van der Waals surface area contributed by atoms with Crippen LogP contribution in [0.4, 0.5) is 8.78 Å². The van der Waals surface area contributed by atoms with Crippen LogP contribution < -0.4 is 0 Å². The molecule has 0 spiro atoms. The number of nitrogens with one attached hydrogen (secondary N) is 1. The molecular formula is C18H18F2N2OS. The summed E-state index contributed by atoms with van der Waals surface area (Å²) in [5.74, 6) is -0.960.